The highest BCUT2D eigenvalue weighted by Crippen LogP contribution is 2.18. The molecule has 2 aromatic rings. The topological polar surface area (TPSA) is 38.3 Å². The third-order valence-electron chi connectivity index (χ3n) is 3.49. The van der Waals surface area contributed by atoms with Crippen LogP contribution in [-0.4, -0.2) is 12.5 Å². The van der Waals surface area contributed by atoms with Gasteiger partial charge in [-0.1, -0.05) is 41.9 Å². The SMILES string of the molecule is CC(C)c1ccc(NC(=O)CCCOc2ccc(Br)cc2)cc1. The molecule has 0 fully saturated rings. The fraction of sp³-hybridized carbons (Fsp3) is 0.316. The normalized spacial score (nSPS) is 10.6. The maximum Gasteiger partial charge on any atom is 0.224 e. The molecule has 0 saturated carbocycles. The highest BCUT2D eigenvalue weighted by Gasteiger charge is 2.04. The van der Waals surface area contributed by atoms with Gasteiger partial charge in [-0.25, -0.2) is 0 Å². The first-order valence-corrected chi connectivity index (χ1v) is 8.62. The molecule has 122 valence electrons. The summed E-state index contributed by atoms with van der Waals surface area (Å²) in [7, 11) is 0. The third kappa shape index (κ3) is 6.06. The minimum absolute atomic E-state index is 0.0155. The van der Waals surface area contributed by atoms with E-state index in [1.54, 1.807) is 0 Å². The molecule has 23 heavy (non-hydrogen) atoms. The predicted molar refractivity (Wildman–Crippen MR) is 98.0 cm³/mol. The molecule has 1 N–H and O–H groups in total. The van der Waals surface area contributed by atoms with Crippen molar-refractivity contribution in [1.82, 2.24) is 0 Å². The predicted octanol–water partition coefficient (Wildman–Crippen LogP) is 5.37. The summed E-state index contributed by atoms with van der Waals surface area (Å²) in [6.07, 6.45) is 1.13. The van der Waals surface area contributed by atoms with Crippen molar-refractivity contribution in [2.45, 2.75) is 32.6 Å². The zero-order chi connectivity index (χ0) is 16.7. The van der Waals surface area contributed by atoms with E-state index in [9.17, 15) is 4.79 Å². The van der Waals surface area contributed by atoms with Crippen molar-refractivity contribution in [2.75, 3.05) is 11.9 Å². The summed E-state index contributed by atoms with van der Waals surface area (Å²) >= 11 is 3.38. The summed E-state index contributed by atoms with van der Waals surface area (Å²) < 4.78 is 6.62. The second kappa shape index (κ2) is 8.73. The molecule has 0 radical (unpaired) electrons. The van der Waals surface area contributed by atoms with Crippen LogP contribution in [0.4, 0.5) is 5.69 Å². The van der Waals surface area contributed by atoms with Gasteiger partial charge in [0.2, 0.25) is 5.91 Å². The minimum atomic E-state index is 0.0155. The molecule has 0 atom stereocenters. The standard InChI is InChI=1S/C19H22BrNO2/c1-14(2)15-5-9-17(10-6-15)21-19(22)4-3-13-23-18-11-7-16(20)8-12-18/h5-12,14H,3-4,13H2,1-2H3,(H,21,22). The maximum atomic E-state index is 11.9. The molecule has 0 aromatic heterocycles. The van der Waals surface area contributed by atoms with Crippen molar-refractivity contribution < 1.29 is 9.53 Å². The van der Waals surface area contributed by atoms with E-state index in [4.69, 9.17) is 4.74 Å². The molecular formula is C19H22BrNO2. The molecule has 3 nitrogen and oxygen atoms in total. The Kier molecular flexibility index (Phi) is 6.66. The summed E-state index contributed by atoms with van der Waals surface area (Å²) in [5.41, 5.74) is 2.11. The van der Waals surface area contributed by atoms with Crippen molar-refractivity contribution >= 4 is 27.5 Å². The lowest BCUT2D eigenvalue weighted by atomic mass is 10.0. The number of benzene rings is 2. The molecule has 0 aliphatic rings. The number of carbonyl (C=O) groups is 1. The number of hydrogen-bond acceptors (Lipinski definition) is 2. The highest BCUT2D eigenvalue weighted by atomic mass is 79.9. The Balaban J connectivity index is 1.69. The molecule has 0 saturated heterocycles. The van der Waals surface area contributed by atoms with E-state index in [1.807, 2.05) is 36.4 Å². The fourth-order valence-electron chi connectivity index (χ4n) is 2.13. The molecule has 0 bridgehead atoms. The highest BCUT2D eigenvalue weighted by molar-refractivity contribution is 9.10. The first kappa shape index (κ1) is 17.5. The lowest BCUT2D eigenvalue weighted by molar-refractivity contribution is -0.116. The van der Waals surface area contributed by atoms with Crippen LogP contribution in [-0.2, 0) is 4.79 Å². The quantitative estimate of drug-likeness (QED) is 0.660. The Morgan fingerprint density at radius 3 is 2.35 bits per heavy atom. The molecule has 1 amide bonds. The van der Waals surface area contributed by atoms with Crippen LogP contribution in [0.15, 0.2) is 53.0 Å². The number of nitrogens with one attached hydrogen (secondary N) is 1. The molecule has 2 rings (SSSR count). The fourth-order valence-corrected chi connectivity index (χ4v) is 2.39. The second-order valence-corrected chi connectivity index (χ2v) is 6.65. The van der Waals surface area contributed by atoms with Gasteiger partial charge in [0.05, 0.1) is 6.61 Å². The molecule has 2 aromatic carbocycles. The van der Waals surface area contributed by atoms with E-state index >= 15 is 0 Å². The van der Waals surface area contributed by atoms with Crippen LogP contribution in [0.3, 0.4) is 0 Å². The van der Waals surface area contributed by atoms with Gasteiger partial charge in [0.1, 0.15) is 5.75 Å². The summed E-state index contributed by atoms with van der Waals surface area (Å²) in [4.78, 5) is 11.9. The van der Waals surface area contributed by atoms with Crippen LogP contribution in [0.2, 0.25) is 0 Å². The smallest absolute Gasteiger partial charge is 0.224 e. The summed E-state index contributed by atoms with van der Waals surface area (Å²) in [5, 5.41) is 2.91. The van der Waals surface area contributed by atoms with Crippen molar-refractivity contribution in [2.24, 2.45) is 0 Å². The molecule has 0 aliphatic heterocycles. The Labute approximate surface area is 146 Å². The van der Waals surface area contributed by atoms with E-state index in [0.29, 0.717) is 25.4 Å². The minimum Gasteiger partial charge on any atom is -0.494 e. The Morgan fingerprint density at radius 2 is 1.74 bits per heavy atom. The van der Waals surface area contributed by atoms with E-state index < -0.39 is 0 Å². The number of anilines is 1. The Morgan fingerprint density at radius 1 is 1.09 bits per heavy atom. The van der Waals surface area contributed by atoms with Crippen molar-refractivity contribution in [3.8, 4) is 5.75 Å². The van der Waals surface area contributed by atoms with Crippen LogP contribution in [0.5, 0.6) is 5.75 Å². The van der Waals surface area contributed by atoms with Crippen LogP contribution in [0.25, 0.3) is 0 Å². The molecular weight excluding hydrogens is 354 g/mol. The first-order valence-electron chi connectivity index (χ1n) is 7.83. The number of ether oxygens (including phenoxy) is 1. The maximum absolute atomic E-state index is 11.9. The van der Waals surface area contributed by atoms with E-state index in [1.165, 1.54) is 5.56 Å². The Bertz CT molecular complexity index is 621. The first-order chi connectivity index (χ1) is 11.0. The van der Waals surface area contributed by atoms with E-state index in [0.717, 1.165) is 15.9 Å². The van der Waals surface area contributed by atoms with Crippen LogP contribution in [0.1, 0.15) is 38.2 Å². The van der Waals surface area contributed by atoms with E-state index in [2.05, 4.69) is 47.2 Å². The zero-order valence-corrected chi connectivity index (χ0v) is 15.1. The van der Waals surface area contributed by atoms with Gasteiger partial charge < -0.3 is 10.1 Å². The van der Waals surface area contributed by atoms with Crippen LogP contribution < -0.4 is 10.1 Å². The summed E-state index contributed by atoms with van der Waals surface area (Å²) in [6, 6.07) is 15.7. The van der Waals surface area contributed by atoms with Crippen molar-refractivity contribution in [3.63, 3.8) is 0 Å². The van der Waals surface area contributed by atoms with Gasteiger partial charge in [0.25, 0.3) is 0 Å². The lowest BCUT2D eigenvalue weighted by Gasteiger charge is -2.09. The number of amides is 1. The van der Waals surface area contributed by atoms with Gasteiger partial charge >= 0.3 is 0 Å². The molecule has 0 aliphatic carbocycles. The van der Waals surface area contributed by atoms with Gasteiger partial charge in [-0.3, -0.25) is 4.79 Å². The van der Waals surface area contributed by atoms with Crippen LogP contribution in [0, 0.1) is 0 Å². The number of hydrogen-bond donors (Lipinski definition) is 1. The second-order valence-electron chi connectivity index (χ2n) is 5.73. The van der Waals surface area contributed by atoms with Gasteiger partial charge in [0.15, 0.2) is 0 Å². The van der Waals surface area contributed by atoms with Gasteiger partial charge in [-0.05, 0) is 54.3 Å². The number of carbonyl (C=O) groups excluding carboxylic acids is 1. The monoisotopic (exact) mass is 375 g/mol. The summed E-state index contributed by atoms with van der Waals surface area (Å²) in [5.74, 6) is 1.33. The molecule has 4 heteroatoms. The average molecular weight is 376 g/mol. The molecule has 0 unspecified atom stereocenters. The van der Waals surface area contributed by atoms with Gasteiger partial charge in [0, 0.05) is 16.6 Å². The van der Waals surface area contributed by atoms with Crippen molar-refractivity contribution in [3.05, 3.63) is 58.6 Å². The number of halogens is 1. The number of rotatable bonds is 7. The zero-order valence-electron chi connectivity index (χ0n) is 13.5. The lowest BCUT2D eigenvalue weighted by Crippen LogP contribution is -2.12. The van der Waals surface area contributed by atoms with E-state index in [-0.39, 0.29) is 5.91 Å². The van der Waals surface area contributed by atoms with Gasteiger partial charge in [-0.2, -0.15) is 0 Å². The summed E-state index contributed by atoms with van der Waals surface area (Å²) in [6.45, 7) is 4.83. The average Bonchev–Trinajstić information content (AvgIpc) is 2.54. The van der Waals surface area contributed by atoms with Gasteiger partial charge in [-0.15, -0.1) is 0 Å². The molecule has 0 heterocycles. The van der Waals surface area contributed by atoms with Crippen LogP contribution >= 0.6 is 15.9 Å². The Hall–Kier alpha value is -1.81. The molecule has 0 spiro atoms. The van der Waals surface area contributed by atoms with Crippen molar-refractivity contribution in [1.29, 1.82) is 0 Å². The largest absolute Gasteiger partial charge is 0.494 e. The third-order valence-corrected chi connectivity index (χ3v) is 4.02.